The SMILES string of the molecule is CC(C)(C)c1cc(C(=O)O)n(-c2ccc3c(c2)CCN(C(=O)OCc2ccccc2)C3)n1. The minimum absolute atomic E-state index is 0.136. The number of aromatic nitrogens is 2. The van der Waals surface area contributed by atoms with E-state index in [1.54, 1.807) is 11.0 Å². The zero-order valence-corrected chi connectivity index (χ0v) is 18.5. The number of carbonyl (C=O) groups excluding carboxylic acids is 1. The fraction of sp³-hybridized carbons (Fsp3) is 0.320. The average Bonchev–Trinajstić information content (AvgIpc) is 3.24. The number of benzene rings is 2. The highest BCUT2D eigenvalue weighted by Gasteiger charge is 2.25. The van der Waals surface area contributed by atoms with Crippen LogP contribution in [0.25, 0.3) is 5.69 Å². The fourth-order valence-electron chi connectivity index (χ4n) is 3.73. The predicted octanol–water partition coefficient (Wildman–Crippen LogP) is 4.56. The molecule has 2 heterocycles. The van der Waals surface area contributed by atoms with Crippen molar-refractivity contribution in [2.45, 2.75) is 45.8 Å². The van der Waals surface area contributed by atoms with E-state index < -0.39 is 5.97 Å². The molecular formula is C25H27N3O4. The Morgan fingerprint density at radius 3 is 2.50 bits per heavy atom. The number of fused-ring (bicyclic) bond motifs is 1. The Kier molecular flexibility index (Phi) is 5.74. The molecule has 7 heteroatoms. The molecule has 4 rings (SSSR count). The van der Waals surface area contributed by atoms with Crippen LogP contribution in [0.1, 0.15) is 53.6 Å². The monoisotopic (exact) mass is 433 g/mol. The number of hydrogen-bond donors (Lipinski definition) is 1. The first kappa shape index (κ1) is 21.6. The van der Waals surface area contributed by atoms with Gasteiger partial charge < -0.3 is 14.7 Å². The highest BCUT2D eigenvalue weighted by Crippen LogP contribution is 2.27. The van der Waals surface area contributed by atoms with Crippen LogP contribution in [0.2, 0.25) is 0 Å². The maximum Gasteiger partial charge on any atom is 0.410 e. The highest BCUT2D eigenvalue weighted by molar-refractivity contribution is 5.86. The Bertz CT molecular complexity index is 1150. The minimum Gasteiger partial charge on any atom is -0.477 e. The van der Waals surface area contributed by atoms with Gasteiger partial charge in [0.15, 0.2) is 5.69 Å². The zero-order chi connectivity index (χ0) is 22.9. The van der Waals surface area contributed by atoms with Crippen LogP contribution in [0.4, 0.5) is 4.79 Å². The summed E-state index contributed by atoms with van der Waals surface area (Å²) >= 11 is 0. The first-order valence-corrected chi connectivity index (χ1v) is 10.6. The number of rotatable bonds is 4. The molecule has 0 spiro atoms. The number of aromatic carboxylic acids is 1. The molecule has 1 aromatic heterocycles. The molecule has 3 aromatic rings. The molecular weight excluding hydrogens is 406 g/mol. The van der Waals surface area contributed by atoms with Crippen LogP contribution in [-0.2, 0) is 29.7 Å². The third kappa shape index (κ3) is 4.51. The van der Waals surface area contributed by atoms with Gasteiger partial charge in [-0.1, -0.05) is 57.2 Å². The van der Waals surface area contributed by atoms with E-state index in [0.717, 1.165) is 22.4 Å². The van der Waals surface area contributed by atoms with E-state index in [-0.39, 0.29) is 23.8 Å². The molecule has 0 saturated heterocycles. The summed E-state index contributed by atoms with van der Waals surface area (Å²) in [4.78, 5) is 26.0. The average molecular weight is 434 g/mol. The number of ether oxygens (including phenoxy) is 1. The fourth-order valence-corrected chi connectivity index (χ4v) is 3.73. The van der Waals surface area contributed by atoms with E-state index >= 15 is 0 Å². The molecule has 0 bridgehead atoms. The quantitative estimate of drug-likeness (QED) is 0.652. The second-order valence-electron chi connectivity index (χ2n) is 9.05. The number of hydrogen-bond acceptors (Lipinski definition) is 4. The molecule has 0 fully saturated rings. The van der Waals surface area contributed by atoms with Crippen LogP contribution in [0.15, 0.2) is 54.6 Å². The van der Waals surface area contributed by atoms with E-state index in [1.807, 2.05) is 69.3 Å². The molecule has 0 atom stereocenters. The topological polar surface area (TPSA) is 84.7 Å². The van der Waals surface area contributed by atoms with Crippen LogP contribution >= 0.6 is 0 Å². The summed E-state index contributed by atoms with van der Waals surface area (Å²) in [5.74, 6) is -1.02. The first-order valence-electron chi connectivity index (χ1n) is 10.6. The standard InChI is InChI=1S/C25H27N3O4/c1-25(2,3)22-14-21(23(29)30)28(26-22)20-10-9-19-15-27(12-11-18(19)13-20)24(31)32-16-17-7-5-4-6-8-17/h4-10,13-14H,11-12,15-16H2,1-3H3,(H,29,30). The van der Waals surface area contributed by atoms with Gasteiger partial charge in [0, 0.05) is 18.5 Å². The summed E-state index contributed by atoms with van der Waals surface area (Å²) < 4.78 is 6.95. The number of nitrogens with zero attached hydrogens (tertiary/aromatic N) is 3. The number of carboxylic acid groups (broad SMARTS) is 1. The Balaban J connectivity index is 1.51. The van der Waals surface area contributed by atoms with Crippen molar-refractivity contribution in [3.63, 3.8) is 0 Å². The van der Waals surface area contributed by atoms with E-state index in [9.17, 15) is 14.7 Å². The maximum atomic E-state index is 12.5. The molecule has 0 radical (unpaired) electrons. The number of carbonyl (C=O) groups is 2. The van der Waals surface area contributed by atoms with Gasteiger partial charge in [0.05, 0.1) is 11.4 Å². The molecule has 0 saturated carbocycles. The highest BCUT2D eigenvalue weighted by atomic mass is 16.6. The lowest BCUT2D eigenvalue weighted by atomic mass is 9.92. The molecule has 0 unspecified atom stereocenters. The van der Waals surface area contributed by atoms with Crippen molar-refractivity contribution < 1.29 is 19.4 Å². The summed E-state index contributed by atoms with van der Waals surface area (Å²) in [6.45, 7) is 7.26. The molecule has 1 aliphatic rings. The minimum atomic E-state index is -1.02. The van der Waals surface area contributed by atoms with Gasteiger partial charge in [-0.05, 0) is 41.3 Å². The van der Waals surface area contributed by atoms with Crippen LogP contribution < -0.4 is 0 Å². The van der Waals surface area contributed by atoms with Gasteiger partial charge in [-0.2, -0.15) is 5.10 Å². The predicted molar refractivity (Wildman–Crippen MR) is 120 cm³/mol. The molecule has 166 valence electrons. The van der Waals surface area contributed by atoms with Crippen LogP contribution in [0.5, 0.6) is 0 Å². The summed E-state index contributed by atoms with van der Waals surface area (Å²) in [5, 5.41) is 14.2. The molecule has 32 heavy (non-hydrogen) atoms. The van der Waals surface area contributed by atoms with Gasteiger partial charge >= 0.3 is 12.1 Å². The van der Waals surface area contributed by atoms with Crippen molar-refractivity contribution in [2.75, 3.05) is 6.54 Å². The molecule has 0 aliphatic carbocycles. The van der Waals surface area contributed by atoms with Gasteiger partial charge in [-0.3, -0.25) is 0 Å². The maximum absolute atomic E-state index is 12.5. The lowest BCUT2D eigenvalue weighted by molar-refractivity contribution is 0.0686. The van der Waals surface area contributed by atoms with Gasteiger partial charge in [0.25, 0.3) is 0 Å². The summed E-state index contributed by atoms with van der Waals surface area (Å²) in [5.41, 5.74) is 4.36. The van der Waals surface area contributed by atoms with E-state index in [0.29, 0.717) is 25.2 Å². The normalized spacial score (nSPS) is 13.5. The van der Waals surface area contributed by atoms with Crippen LogP contribution in [0, 0.1) is 0 Å². The van der Waals surface area contributed by atoms with Crippen molar-refractivity contribution in [3.8, 4) is 5.69 Å². The Morgan fingerprint density at radius 2 is 1.81 bits per heavy atom. The molecule has 2 aromatic carbocycles. The third-order valence-corrected chi connectivity index (χ3v) is 5.61. The molecule has 1 N–H and O–H groups in total. The second kappa shape index (κ2) is 8.49. The molecule has 7 nitrogen and oxygen atoms in total. The Labute approximate surface area is 187 Å². The smallest absolute Gasteiger partial charge is 0.410 e. The van der Waals surface area contributed by atoms with Crippen molar-refractivity contribution in [1.29, 1.82) is 0 Å². The second-order valence-corrected chi connectivity index (χ2v) is 9.05. The van der Waals surface area contributed by atoms with Gasteiger partial charge in [-0.25, -0.2) is 14.3 Å². The van der Waals surface area contributed by atoms with E-state index in [1.165, 1.54) is 4.68 Å². The molecule has 1 amide bonds. The van der Waals surface area contributed by atoms with Crippen molar-refractivity contribution in [3.05, 3.63) is 82.7 Å². The summed E-state index contributed by atoms with van der Waals surface area (Å²) in [6, 6.07) is 17.0. The Morgan fingerprint density at radius 1 is 1.06 bits per heavy atom. The number of amides is 1. The van der Waals surface area contributed by atoms with Crippen molar-refractivity contribution in [1.82, 2.24) is 14.7 Å². The lowest BCUT2D eigenvalue weighted by Gasteiger charge is -2.28. The number of carboxylic acids is 1. The van der Waals surface area contributed by atoms with Crippen LogP contribution in [0.3, 0.4) is 0 Å². The largest absolute Gasteiger partial charge is 0.477 e. The summed E-state index contributed by atoms with van der Waals surface area (Å²) in [6.07, 6.45) is 0.331. The zero-order valence-electron chi connectivity index (χ0n) is 18.5. The van der Waals surface area contributed by atoms with Gasteiger partial charge in [0.1, 0.15) is 6.61 Å². The van der Waals surface area contributed by atoms with E-state index in [2.05, 4.69) is 5.10 Å². The molecule has 1 aliphatic heterocycles. The first-order chi connectivity index (χ1) is 15.2. The van der Waals surface area contributed by atoms with E-state index in [4.69, 9.17) is 4.74 Å². The van der Waals surface area contributed by atoms with Crippen molar-refractivity contribution in [2.24, 2.45) is 0 Å². The van der Waals surface area contributed by atoms with Crippen molar-refractivity contribution >= 4 is 12.1 Å². The van der Waals surface area contributed by atoms with Gasteiger partial charge in [0.2, 0.25) is 0 Å². The lowest BCUT2D eigenvalue weighted by Crippen LogP contribution is -2.36. The van der Waals surface area contributed by atoms with Gasteiger partial charge in [-0.15, -0.1) is 0 Å². The summed E-state index contributed by atoms with van der Waals surface area (Å²) in [7, 11) is 0. The third-order valence-electron chi connectivity index (χ3n) is 5.61. The van der Waals surface area contributed by atoms with Crippen LogP contribution in [-0.4, -0.2) is 38.4 Å². The Hall–Kier alpha value is -3.61.